The Morgan fingerprint density at radius 3 is 2.94 bits per heavy atom. The fourth-order valence-electron chi connectivity index (χ4n) is 1.54. The highest BCUT2D eigenvalue weighted by Crippen LogP contribution is 2.18. The van der Waals surface area contributed by atoms with Gasteiger partial charge < -0.3 is 10.1 Å². The molecule has 0 saturated carbocycles. The lowest BCUT2D eigenvalue weighted by molar-refractivity contribution is 0.0691. The molecule has 16 heavy (non-hydrogen) atoms. The van der Waals surface area contributed by atoms with Gasteiger partial charge in [0.05, 0.1) is 0 Å². The summed E-state index contributed by atoms with van der Waals surface area (Å²) in [6.07, 6.45) is 3.97. The van der Waals surface area contributed by atoms with Gasteiger partial charge in [-0.15, -0.1) is 0 Å². The third kappa shape index (κ3) is 2.17. The molecule has 82 valence electrons. The van der Waals surface area contributed by atoms with Gasteiger partial charge in [0.1, 0.15) is 5.69 Å². The molecule has 3 nitrogen and oxygen atoms in total. The summed E-state index contributed by atoms with van der Waals surface area (Å²) in [5, 5.41) is 10.6. The number of nitrogens with one attached hydrogen (secondary N) is 1. The first kappa shape index (κ1) is 11.0. The van der Waals surface area contributed by atoms with Crippen molar-refractivity contribution in [1.29, 1.82) is 0 Å². The lowest BCUT2D eigenvalue weighted by Crippen LogP contribution is -1.94. The molecule has 0 amide bonds. The highest BCUT2D eigenvalue weighted by molar-refractivity contribution is 9.09. The number of rotatable bonds is 3. The van der Waals surface area contributed by atoms with Crippen LogP contribution in [0.15, 0.2) is 30.3 Å². The molecule has 2 rings (SSSR count). The Kier molecular flexibility index (Phi) is 3.10. The Hall–Kier alpha value is -1.55. The van der Waals surface area contributed by atoms with Crippen LogP contribution in [0, 0.1) is 0 Å². The van der Waals surface area contributed by atoms with E-state index in [2.05, 4.69) is 20.9 Å². The van der Waals surface area contributed by atoms with Crippen LogP contribution < -0.4 is 0 Å². The average molecular weight is 280 g/mol. The Morgan fingerprint density at radius 2 is 2.25 bits per heavy atom. The SMILES string of the molecule is O=C(O)c1cc2ccc(C=CCBr)cc2[nH]1. The quantitative estimate of drug-likeness (QED) is 0.848. The third-order valence-corrected chi connectivity index (χ3v) is 2.65. The lowest BCUT2D eigenvalue weighted by Gasteiger charge is -1.93. The van der Waals surface area contributed by atoms with Crippen LogP contribution in [0.25, 0.3) is 17.0 Å². The second-order valence-corrected chi connectivity index (χ2v) is 4.04. The molecule has 0 aliphatic heterocycles. The van der Waals surface area contributed by atoms with E-state index in [-0.39, 0.29) is 5.69 Å². The molecule has 1 heterocycles. The maximum Gasteiger partial charge on any atom is 0.352 e. The zero-order valence-corrected chi connectivity index (χ0v) is 9.99. The summed E-state index contributed by atoms with van der Waals surface area (Å²) in [4.78, 5) is 13.6. The van der Waals surface area contributed by atoms with Gasteiger partial charge in [-0.25, -0.2) is 4.79 Å². The van der Waals surface area contributed by atoms with Crippen LogP contribution in [0.1, 0.15) is 16.1 Å². The van der Waals surface area contributed by atoms with Crippen molar-refractivity contribution in [2.75, 3.05) is 5.33 Å². The number of halogens is 1. The van der Waals surface area contributed by atoms with E-state index in [1.54, 1.807) is 6.07 Å². The van der Waals surface area contributed by atoms with Crippen molar-refractivity contribution in [2.24, 2.45) is 0 Å². The number of alkyl halides is 1. The van der Waals surface area contributed by atoms with Crippen molar-refractivity contribution < 1.29 is 9.90 Å². The van der Waals surface area contributed by atoms with E-state index < -0.39 is 5.97 Å². The molecular weight excluding hydrogens is 270 g/mol. The first-order valence-corrected chi connectivity index (χ1v) is 5.91. The van der Waals surface area contributed by atoms with Crippen LogP contribution in [0.2, 0.25) is 0 Å². The van der Waals surface area contributed by atoms with Crippen molar-refractivity contribution in [1.82, 2.24) is 4.98 Å². The zero-order chi connectivity index (χ0) is 11.5. The first-order chi connectivity index (χ1) is 7.70. The Morgan fingerprint density at radius 1 is 1.44 bits per heavy atom. The number of aromatic nitrogens is 1. The predicted octanol–water partition coefficient (Wildman–Crippen LogP) is 3.27. The number of allylic oxidation sites excluding steroid dienone is 1. The summed E-state index contributed by atoms with van der Waals surface area (Å²) in [6, 6.07) is 7.43. The molecule has 0 radical (unpaired) electrons. The minimum absolute atomic E-state index is 0.219. The summed E-state index contributed by atoms with van der Waals surface area (Å²) < 4.78 is 0. The van der Waals surface area contributed by atoms with Gasteiger partial charge in [-0.2, -0.15) is 0 Å². The molecule has 0 saturated heterocycles. The zero-order valence-electron chi connectivity index (χ0n) is 8.40. The van der Waals surface area contributed by atoms with Gasteiger partial charge in [0.2, 0.25) is 0 Å². The number of aromatic carboxylic acids is 1. The van der Waals surface area contributed by atoms with Gasteiger partial charge in [0.15, 0.2) is 0 Å². The Bertz CT molecular complexity index is 557. The van der Waals surface area contributed by atoms with Gasteiger partial charge >= 0.3 is 5.97 Å². The van der Waals surface area contributed by atoms with Crippen molar-refractivity contribution in [3.8, 4) is 0 Å². The second kappa shape index (κ2) is 4.53. The van der Waals surface area contributed by atoms with E-state index in [0.29, 0.717) is 0 Å². The molecule has 4 heteroatoms. The standard InChI is InChI=1S/C12H10BrNO2/c13-5-1-2-8-3-4-9-7-11(12(15)16)14-10(9)6-8/h1-4,6-7,14H,5H2,(H,15,16). The van der Waals surface area contributed by atoms with Crippen LogP contribution in [0.4, 0.5) is 0 Å². The molecule has 1 aromatic heterocycles. The number of carboxylic acid groups (broad SMARTS) is 1. The minimum atomic E-state index is -0.936. The number of hydrogen-bond acceptors (Lipinski definition) is 1. The summed E-state index contributed by atoms with van der Waals surface area (Å²) in [6.45, 7) is 0. The molecule has 2 N–H and O–H groups in total. The minimum Gasteiger partial charge on any atom is -0.477 e. The number of carboxylic acids is 1. The highest BCUT2D eigenvalue weighted by Gasteiger charge is 2.06. The Balaban J connectivity index is 2.45. The molecule has 0 atom stereocenters. The summed E-state index contributed by atoms with van der Waals surface area (Å²) >= 11 is 3.31. The van der Waals surface area contributed by atoms with Crippen LogP contribution >= 0.6 is 15.9 Å². The highest BCUT2D eigenvalue weighted by atomic mass is 79.9. The van der Waals surface area contributed by atoms with E-state index in [0.717, 1.165) is 21.8 Å². The largest absolute Gasteiger partial charge is 0.477 e. The number of aromatic amines is 1. The van der Waals surface area contributed by atoms with Crippen molar-refractivity contribution in [3.05, 3.63) is 41.6 Å². The smallest absolute Gasteiger partial charge is 0.352 e. The van der Waals surface area contributed by atoms with Crippen LogP contribution in [-0.2, 0) is 0 Å². The van der Waals surface area contributed by atoms with Gasteiger partial charge in [-0.3, -0.25) is 0 Å². The third-order valence-electron chi connectivity index (χ3n) is 2.28. The van der Waals surface area contributed by atoms with Gasteiger partial charge in [0.25, 0.3) is 0 Å². The normalized spacial score (nSPS) is 11.3. The molecule has 0 bridgehead atoms. The summed E-state index contributed by atoms with van der Waals surface area (Å²) in [5.74, 6) is -0.936. The average Bonchev–Trinajstić information content (AvgIpc) is 2.69. The maximum absolute atomic E-state index is 10.8. The van der Waals surface area contributed by atoms with Crippen LogP contribution in [-0.4, -0.2) is 21.4 Å². The second-order valence-electron chi connectivity index (χ2n) is 3.39. The van der Waals surface area contributed by atoms with E-state index in [9.17, 15) is 4.79 Å². The van der Waals surface area contributed by atoms with Crippen LogP contribution in [0.3, 0.4) is 0 Å². The van der Waals surface area contributed by atoms with E-state index >= 15 is 0 Å². The molecule has 0 spiro atoms. The molecule has 2 aromatic rings. The fraction of sp³-hybridized carbons (Fsp3) is 0.0833. The predicted molar refractivity (Wildman–Crippen MR) is 68.1 cm³/mol. The van der Waals surface area contributed by atoms with Gasteiger partial charge in [0, 0.05) is 16.2 Å². The molecule has 0 unspecified atom stereocenters. The monoisotopic (exact) mass is 279 g/mol. The Labute approximate surface area is 101 Å². The van der Waals surface area contributed by atoms with Crippen LogP contribution in [0.5, 0.6) is 0 Å². The van der Waals surface area contributed by atoms with E-state index in [4.69, 9.17) is 5.11 Å². The molecule has 0 aliphatic rings. The maximum atomic E-state index is 10.8. The lowest BCUT2D eigenvalue weighted by atomic mass is 10.1. The van der Waals surface area contributed by atoms with Crippen molar-refractivity contribution in [3.63, 3.8) is 0 Å². The molecular formula is C12H10BrNO2. The number of H-pyrrole nitrogens is 1. The fourth-order valence-corrected chi connectivity index (χ4v) is 1.73. The van der Waals surface area contributed by atoms with E-state index in [1.807, 2.05) is 30.4 Å². The first-order valence-electron chi connectivity index (χ1n) is 4.79. The number of hydrogen-bond donors (Lipinski definition) is 2. The number of carbonyl (C=O) groups is 1. The molecule has 1 aromatic carbocycles. The van der Waals surface area contributed by atoms with Gasteiger partial charge in [-0.1, -0.05) is 40.2 Å². The topological polar surface area (TPSA) is 53.1 Å². The number of benzene rings is 1. The van der Waals surface area contributed by atoms with Gasteiger partial charge in [-0.05, 0) is 17.7 Å². The van der Waals surface area contributed by atoms with E-state index in [1.165, 1.54) is 0 Å². The number of fused-ring (bicyclic) bond motifs is 1. The summed E-state index contributed by atoms with van der Waals surface area (Å²) in [7, 11) is 0. The summed E-state index contributed by atoms with van der Waals surface area (Å²) in [5.41, 5.74) is 2.11. The van der Waals surface area contributed by atoms with Crippen molar-refractivity contribution >= 4 is 38.9 Å². The molecule has 0 aliphatic carbocycles. The van der Waals surface area contributed by atoms with Crippen molar-refractivity contribution in [2.45, 2.75) is 0 Å². The molecule has 0 fully saturated rings.